The van der Waals surface area contributed by atoms with Gasteiger partial charge >= 0.3 is 5.97 Å². The summed E-state index contributed by atoms with van der Waals surface area (Å²) in [6.07, 6.45) is 5.88. The summed E-state index contributed by atoms with van der Waals surface area (Å²) in [5, 5.41) is 11.1. The van der Waals surface area contributed by atoms with E-state index in [9.17, 15) is 4.79 Å². The Morgan fingerprint density at radius 3 is 2.68 bits per heavy atom. The quantitative estimate of drug-likeness (QED) is 0.802. The number of fused-ring (bicyclic) bond motifs is 1. The van der Waals surface area contributed by atoms with Crippen LogP contribution in [0.1, 0.15) is 30.4 Å². The molecule has 0 saturated carbocycles. The average molecular weight is 254 g/mol. The van der Waals surface area contributed by atoms with Crippen LogP contribution in [0.4, 0.5) is 0 Å². The standard InChI is InChI=1S/C17H18O2/c1-13-7-5-9-15-11-6-10-14(17(13)15)8-3-2-4-12-16(18)19/h3,5-11H,2,4,12H2,1H3,(H,18,19)/b8-3+. The van der Waals surface area contributed by atoms with Crippen LogP contribution >= 0.6 is 0 Å². The van der Waals surface area contributed by atoms with Gasteiger partial charge in [-0.3, -0.25) is 4.79 Å². The van der Waals surface area contributed by atoms with Crippen molar-refractivity contribution in [3.63, 3.8) is 0 Å². The van der Waals surface area contributed by atoms with E-state index in [1.54, 1.807) is 0 Å². The fourth-order valence-electron chi connectivity index (χ4n) is 2.28. The maximum Gasteiger partial charge on any atom is 0.303 e. The van der Waals surface area contributed by atoms with Crippen molar-refractivity contribution < 1.29 is 9.90 Å². The van der Waals surface area contributed by atoms with Gasteiger partial charge in [0, 0.05) is 6.42 Å². The van der Waals surface area contributed by atoms with Crippen molar-refractivity contribution in [2.24, 2.45) is 0 Å². The predicted molar refractivity (Wildman–Crippen MR) is 79.2 cm³/mol. The Morgan fingerprint density at radius 2 is 1.95 bits per heavy atom. The van der Waals surface area contributed by atoms with Gasteiger partial charge in [0.1, 0.15) is 0 Å². The van der Waals surface area contributed by atoms with Crippen molar-refractivity contribution in [3.8, 4) is 0 Å². The molecule has 0 unspecified atom stereocenters. The highest BCUT2D eigenvalue weighted by Gasteiger charge is 2.00. The van der Waals surface area contributed by atoms with E-state index in [-0.39, 0.29) is 6.42 Å². The molecule has 1 N–H and O–H groups in total. The van der Waals surface area contributed by atoms with Gasteiger partial charge < -0.3 is 5.11 Å². The van der Waals surface area contributed by atoms with Crippen LogP contribution in [0.2, 0.25) is 0 Å². The van der Waals surface area contributed by atoms with Gasteiger partial charge in [-0.25, -0.2) is 0 Å². The summed E-state index contributed by atoms with van der Waals surface area (Å²) < 4.78 is 0. The SMILES string of the molecule is Cc1cccc2cccc(/C=C/CCCC(=O)O)c12. The minimum Gasteiger partial charge on any atom is -0.481 e. The number of allylic oxidation sites excluding steroid dienone is 1. The van der Waals surface area contributed by atoms with Crippen LogP contribution in [0.5, 0.6) is 0 Å². The van der Waals surface area contributed by atoms with Gasteiger partial charge in [0.25, 0.3) is 0 Å². The maximum atomic E-state index is 10.4. The first-order valence-electron chi connectivity index (χ1n) is 6.55. The molecule has 0 saturated heterocycles. The lowest BCUT2D eigenvalue weighted by Crippen LogP contribution is -1.92. The van der Waals surface area contributed by atoms with Gasteiger partial charge in [0.05, 0.1) is 0 Å². The first kappa shape index (κ1) is 13.3. The zero-order chi connectivity index (χ0) is 13.7. The number of hydrogen-bond acceptors (Lipinski definition) is 1. The number of rotatable bonds is 5. The molecule has 0 heterocycles. The third-order valence-corrected chi connectivity index (χ3v) is 3.20. The molecule has 2 aromatic carbocycles. The van der Waals surface area contributed by atoms with E-state index in [1.807, 2.05) is 0 Å². The Labute approximate surface area is 113 Å². The van der Waals surface area contributed by atoms with Crippen LogP contribution in [0, 0.1) is 6.92 Å². The molecule has 0 aromatic heterocycles. The number of carbonyl (C=O) groups is 1. The molecule has 0 amide bonds. The lowest BCUT2D eigenvalue weighted by molar-refractivity contribution is -0.137. The van der Waals surface area contributed by atoms with Crippen LogP contribution in [0.3, 0.4) is 0 Å². The summed E-state index contributed by atoms with van der Waals surface area (Å²) in [6, 6.07) is 12.6. The fourth-order valence-corrected chi connectivity index (χ4v) is 2.28. The largest absolute Gasteiger partial charge is 0.481 e. The number of unbranched alkanes of at least 4 members (excludes halogenated alkanes) is 1. The molecule has 2 rings (SSSR count). The number of hydrogen-bond donors (Lipinski definition) is 1. The van der Waals surface area contributed by atoms with Gasteiger partial charge in [-0.05, 0) is 41.7 Å². The molecule has 19 heavy (non-hydrogen) atoms. The van der Waals surface area contributed by atoms with E-state index in [4.69, 9.17) is 5.11 Å². The van der Waals surface area contributed by atoms with Crippen LogP contribution in [0.15, 0.2) is 42.5 Å². The van der Waals surface area contributed by atoms with Gasteiger partial charge in [0.15, 0.2) is 0 Å². The van der Waals surface area contributed by atoms with E-state index >= 15 is 0 Å². The van der Waals surface area contributed by atoms with Crippen molar-refractivity contribution in [1.29, 1.82) is 0 Å². The summed E-state index contributed by atoms with van der Waals surface area (Å²) >= 11 is 0. The van der Waals surface area contributed by atoms with E-state index in [0.717, 1.165) is 6.42 Å². The highest BCUT2D eigenvalue weighted by Crippen LogP contribution is 2.23. The normalized spacial score (nSPS) is 11.2. The minimum atomic E-state index is -0.727. The van der Waals surface area contributed by atoms with E-state index in [2.05, 4.69) is 55.5 Å². The Morgan fingerprint density at radius 1 is 1.21 bits per heavy atom. The summed E-state index contributed by atoms with van der Waals surface area (Å²) in [5.74, 6) is -0.727. The summed E-state index contributed by atoms with van der Waals surface area (Å²) in [5.41, 5.74) is 2.47. The second-order valence-corrected chi connectivity index (χ2v) is 4.71. The second kappa shape index (κ2) is 6.19. The molecule has 0 atom stereocenters. The molecule has 2 aromatic rings. The molecular formula is C17H18O2. The molecule has 2 heteroatoms. The number of benzene rings is 2. The van der Waals surface area contributed by atoms with Crippen molar-refractivity contribution in [2.75, 3.05) is 0 Å². The molecule has 0 aliphatic heterocycles. The first-order valence-corrected chi connectivity index (χ1v) is 6.55. The number of aliphatic carboxylic acids is 1. The van der Waals surface area contributed by atoms with Crippen LogP contribution in [0.25, 0.3) is 16.8 Å². The van der Waals surface area contributed by atoms with Crippen LogP contribution in [-0.2, 0) is 4.79 Å². The topological polar surface area (TPSA) is 37.3 Å². The van der Waals surface area contributed by atoms with E-state index in [1.165, 1.54) is 21.9 Å². The zero-order valence-corrected chi connectivity index (χ0v) is 11.1. The van der Waals surface area contributed by atoms with Crippen molar-refractivity contribution in [1.82, 2.24) is 0 Å². The van der Waals surface area contributed by atoms with Crippen LogP contribution in [-0.4, -0.2) is 11.1 Å². The molecular weight excluding hydrogens is 236 g/mol. The zero-order valence-electron chi connectivity index (χ0n) is 11.1. The highest BCUT2D eigenvalue weighted by molar-refractivity contribution is 5.93. The average Bonchev–Trinajstić information content (AvgIpc) is 2.38. The molecule has 0 bridgehead atoms. The summed E-state index contributed by atoms with van der Waals surface area (Å²) in [4.78, 5) is 10.4. The first-order chi connectivity index (χ1) is 9.18. The second-order valence-electron chi connectivity index (χ2n) is 4.71. The fraction of sp³-hybridized carbons (Fsp3) is 0.235. The van der Waals surface area contributed by atoms with Gasteiger partial charge in [-0.2, -0.15) is 0 Å². The molecule has 0 spiro atoms. The maximum absolute atomic E-state index is 10.4. The number of carboxylic acids is 1. The Kier molecular flexibility index (Phi) is 4.35. The molecule has 0 aliphatic rings. The predicted octanol–water partition coefficient (Wildman–Crippen LogP) is 4.42. The Bertz CT molecular complexity index is 606. The minimum absolute atomic E-state index is 0.235. The summed E-state index contributed by atoms with van der Waals surface area (Å²) in [6.45, 7) is 2.12. The molecule has 0 aliphatic carbocycles. The lowest BCUT2D eigenvalue weighted by atomic mass is 9.99. The highest BCUT2D eigenvalue weighted by atomic mass is 16.4. The summed E-state index contributed by atoms with van der Waals surface area (Å²) in [7, 11) is 0. The Balaban J connectivity index is 2.16. The lowest BCUT2D eigenvalue weighted by Gasteiger charge is -2.05. The Hall–Kier alpha value is -2.09. The molecule has 0 fully saturated rings. The van der Waals surface area contributed by atoms with Gasteiger partial charge in [-0.1, -0.05) is 48.6 Å². The monoisotopic (exact) mass is 254 g/mol. The molecule has 2 nitrogen and oxygen atoms in total. The van der Waals surface area contributed by atoms with Crippen molar-refractivity contribution in [3.05, 3.63) is 53.6 Å². The van der Waals surface area contributed by atoms with E-state index < -0.39 is 5.97 Å². The van der Waals surface area contributed by atoms with Gasteiger partial charge in [-0.15, -0.1) is 0 Å². The third-order valence-electron chi connectivity index (χ3n) is 3.20. The number of aryl methyl sites for hydroxylation is 1. The van der Waals surface area contributed by atoms with Crippen molar-refractivity contribution in [2.45, 2.75) is 26.2 Å². The molecule has 0 radical (unpaired) electrons. The van der Waals surface area contributed by atoms with Crippen molar-refractivity contribution >= 4 is 22.8 Å². The number of carboxylic acid groups (broad SMARTS) is 1. The molecule has 98 valence electrons. The van der Waals surface area contributed by atoms with Crippen LogP contribution < -0.4 is 0 Å². The smallest absolute Gasteiger partial charge is 0.303 e. The van der Waals surface area contributed by atoms with E-state index in [0.29, 0.717) is 6.42 Å². The van der Waals surface area contributed by atoms with Gasteiger partial charge in [0.2, 0.25) is 0 Å². The third kappa shape index (κ3) is 3.44.